The lowest BCUT2D eigenvalue weighted by Gasteiger charge is -2.24. The fourth-order valence-electron chi connectivity index (χ4n) is 2.39. The van der Waals surface area contributed by atoms with Gasteiger partial charge in [-0.3, -0.25) is 4.79 Å². The van der Waals surface area contributed by atoms with Crippen LogP contribution in [-0.2, 0) is 10.2 Å². The molecule has 5 nitrogen and oxygen atoms in total. The molecule has 0 aliphatic carbocycles. The van der Waals surface area contributed by atoms with Crippen LogP contribution in [0.15, 0.2) is 36.4 Å². The van der Waals surface area contributed by atoms with Gasteiger partial charge in [-0.2, -0.15) is 0 Å². The zero-order chi connectivity index (χ0) is 19.5. The number of carbonyl (C=O) groups is 2. The minimum atomic E-state index is -0.517. The average molecular weight is 376 g/mol. The summed E-state index contributed by atoms with van der Waals surface area (Å²) in [4.78, 5) is 24.1. The lowest BCUT2D eigenvalue weighted by Crippen LogP contribution is -2.18. The number of nitrogens with one attached hydrogen (secondary N) is 1. The Morgan fingerprint density at radius 1 is 1.19 bits per heavy atom. The Kier molecular flexibility index (Phi) is 5.93. The van der Waals surface area contributed by atoms with Crippen LogP contribution in [0.3, 0.4) is 0 Å². The lowest BCUT2D eigenvalue weighted by atomic mass is 9.81. The Bertz CT molecular complexity index is 846. The molecule has 2 aromatic rings. The molecular formula is C20H22ClNO4. The van der Waals surface area contributed by atoms with Crippen molar-refractivity contribution in [2.75, 3.05) is 12.4 Å². The van der Waals surface area contributed by atoms with Gasteiger partial charge >= 0.3 is 5.97 Å². The number of halogens is 1. The Hall–Kier alpha value is -2.53. The van der Waals surface area contributed by atoms with E-state index < -0.39 is 11.9 Å². The van der Waals surface area contributed by atoms with Gasteiger partial charge in [-0.15, -0.1) is 0 Å². The van der Waals surface area contributed by atoms with Crippen LogP contribution in [0.4, 0.5) is 5.69 Å². The first-order valence-corrected chi connectivity index (χ1v) is 8.60. The number of benzene rings is 2. The van der Waals surface area contributed by atoms with E-state index in [0.717, 1.165) is 12.0 Å². The Balaban J connectivity index is 2.30. The highest BCUT2D eigenvalue weighted by Crippen LogP contribution is 2.31. The summed E-state index contributed by atoms with van der Waals surface area (Å²) in [5, 5.41) is 12.9. The van der Waals surface area contributed by atoms with Crippen molar-refractivity contribution in [3.8, 4) is 5.75 Å². The zero-order valence-electron chi connectivity index (χ0n) is 15.2. The molecular weight excluding hydrogens is 354 g/mol. The molecule has 0 heterocycles. The van der Waals surface area contributed by atoms with Crippen molar-refractivity contribution in [3.05, 3.63) is 58.1 Å². The van der Waals surface area contributed by atoms with Crippen LogP contribution in [0.1, 0.15) is 53.5 Å². The first-order chi connectivity index (χ1) is 12.2. The molecule has 0 unspecified atom stereocenters. The van der Waals surface area contributed by atoms with E-state index in [0.29, 0.717) is 5.69 Å². The van der Waals surface area contributed by atoms with Crippen LogP contribution in [0.5, 0.6) is 5.75 Å². The number of esters is 1. The van der Waals surface area contributed by atoms with Crippen molar-refractivity contribution in [1.82, 2.24) is 0 Å². The third-order valence-corrected chi connectivity index (χ3v) is 4.86. The van der Waals surface area contributed by atoms with Crippen LogP contribution < -0.4 is 5.32 Å². The van der Waals surface area contributed by atoms with Gasteiger partial charge in [0.25, 0.3) is 5.91 Å². The van der Waals surface area contributed by atoms with Gasteiger partial charge < -0.3 is 15.2 Å². The molecule has 0 bridgehead atoms. The van der Waals surface area contributed by atoms with E-state index in [2.05, 4.69) is 30.8 Å². The van der Waals surface area contributed by atoms with Gasteiger partial charge in [0.1, 0.15) is 5.75 Å². The van der Waals surface area contributed by atoms with Crippen LogP contribution in [0.25, 0.3) is 0 Å². The van der Waals surface area contributed by atoms with E-state index in [-0.39, 0.29) is 27.3 Å². The summed E-state index contributed by atoms with van der Waals surface area (Å²) in [5.74, 6) is -1.11. The maximum absolute atomic E-state index is 12.6. The number of methoxy groups -OCH3 is 1. The van der Waals surface area contributed by atoms with Crippen molar-refractivity contribution >= 4 is 29.2 Å². The number of ether oxygens (including phenoxy) is 1. The highest BCUT2D eigenvalue weighted by atomic mass is 35.5. The van der Waals surface area contributed by atoms with E-state index in [4.69, 9.17) is 11.6 Å². The van der Waals surface area contributed by atoms with E-state index in [1.54, 1.807) is 6.07 Å². The summed E-state index contributed by atoms with van der Waals surface area (Å²) < 4.78 is 4.63. The number of rotatable bonds is 5. The maximum Gasteiger partial charge on any atom is 0.337 e. The van der Waals surface area contributed by atoms with E-state index in [1.807, 2.05) is 6.07 Å². The third-order valence-electron chi connectivity index (χ3n) is 4.54. The topological polar surface area (TPSA) is 75.6 Å². The number of phenolic OH excluding ortho intramolecular Hbond substituents is 1. The Labute approximate surface area is 157 Å². The summed E-state index contributed by atoms with van der Waals surface area (Å²) in [6, 6.07) is 9.45. The molecule has 26 heavy (non-hydrogen) atoms. The summed E-state index contributed by atoms with van der Waals surface area (Å²) in [7, 11) is 1.28. The van der Waals surface area contributed by atoms with E-state index in [1.165, 1.54) is 31.4 Å². The second kappa shape index (κ2) is 7.79. The molecule has 2 N–H and O–H groups in total. The molecule has 0 radical (unpaired) electrons. The van der Waals surface area contributed by atoms with Crippen molar-refractivity contribution in [2.45, 2.75) is 32.6 Å². The second-order valence-electron chi connectivity index (χ2n) is 6.61. The van der Waals surface area contributed by atoms with Crippen LogP contribution >= 0.6 is 11.6 Å². The zero-order valence-corrected chi connectivity index (χ0v) is 16.0. The number of amides is 1. The highest BCUT2D eigenvalue weighted by Gasteiger charge is 2.22. The summed E-state index contributed by atoms with van der Waals surface area (Å²) in [6.45, 7) is 6.21. The van der Waals surface area contributed by atoms with Gasteiger partial charge in [0, 0.05) is 0 Å². The largest absolute Gasteiger partial charge is 0.507 e. The Morgan fingerprint density at radius 3 is 2.46 bits per heavy atom. The lowest BCUT2D eigenvalue weighted by molar-refractivity contribution is 0.0600. The van der Waals surface area contributed by atoms with Gasteiger partial charge in [0.2, 0.25) is 0 Å². The minimum absolute atomic E-state index is 0.111. The number of anilines is 1. The van der Waals surface area contributed by atoms with E-state index >= 15 is 0 Å². The first-order valence-electron chi connectivity index (χ1n) is 8.22. The molecule has 0 aromatic heterocycles. The third kappa shape index (κ3) is 4.17. The van der Waals surface area contributed by atoms with Crippen LogP contribution in [0.2, 0.25) is 5.02 Å². The number of hydrogen-bond donors (Lipinski definition) is 2. The predicted octanol–water partition coefficient (Wildman–Crippen LogP) is 4.77. The normalized spacial score (nSPS) is 11.1. The fourth-order valence-corrected chi connectivity index (χ4v) is 2.62. The van der Waals surface area contributed by atoms with Crippen LogP contribution in [0, 0.1) is 0 Å². The summed E-state index contributed by atoms with van der Waals surface area (Å²) >= 11 is 6.14. The number of hydrogen-bond acceptors (Lipinski definition) is 4. The van der Waals surface area contributed by atoms with Crippen LogP contribution in [-0.4, -0.2) is 24.1 Å². The molecule has 6 heteroatoms. The monoisotopic (exact) mass is 375 g/mol. The van der Waals surface area contributed by atoms with Gasteiger partial charge in [-0.1, -0.05) is 38.4 Å². The molecule has 1 amide bonds. The van der Waals surface area contributed by atoms with Gasteiger partial charge in [-0.05, 0) is 47.7 Å². The summed E-state index contributed by atoms with van der Waals surface area (Å²) in [5.41, 5.74) is 1.61. The smallest absolute Gasteiger partial charge is 0.337 e. The van der Waals surface area contributed by atoms with Gasteiger partial charge in [0.15, 0.2) is 0 Å². The van der Waals surface area contributed by atoms with E-state index in [9.17, 15) is 14.7 Å². The highest BCUT2D eigenvalue weighted by molar-refractivity contribution is 6.34. The SMILES string of the molecule is CCC(C)(C)c1ccc(O)c(C(=O)Nc2ccc(C(=O)OC)cc2Cl)c1. The first kappa shape index (κ1) is 19.8. The van der Waals surface area contributed by atoms with Crippen molar-refractivity contribution in [2.24, 2.45) is 0 Å². The molecule has 2 aromatic carbocycles. The predicted molar refractivity (Wildman–Crippen MR) is 102 cm³/mol. The van der Waals surface area contributed by atoms with Crippen molar-refractivity contribution < 1.29 is 19.4 Å². The number of phenols is 1. The molecule has 138 valence electrons. The second-order valence-corrected chi connectivity index (χ2v) is 7.02. The van der Waals surface area contributed by atoms with Crippen molar-refractivity contribution in [1.29, 1.82) is 0 Å². The molecule has 0 fully saturated rings. The number of carbonyl (C=O) groups excluding carboxylic acids is 2. The summed E-state index contributed by atoms with van der Waals surface area (Å²) in [6.07, 6.45) is 0.889. The quantitative estimate of drug-likeness (QED) is 0.738. The molecule has 0 aliphatic rings. The number of aromatic hydroxyl groups is 1. The maximum atomic E-state index is 12.6. The standard InChI is InChI=1S/C20H22ClNO4/c1-5-20(2,3)13-7-9-17(23)14(11-13)18(24)22-16-8-6-12(10-15(16)21)19(25)26-4/h6-11,23H,5H2,1-4H3,(H,22,24). The molecule has 0 saturated heterocycles. The molecule has 0 aliphatic heterocycles. The van der Waals surface area contributed by atoms with Crippen molar-refractivity contribution in [3.63, 3.8) is 0 Å². The Morgan fingerprint density at radius 2 is 1.88 bits per heavy atom. The molecule has 0 atom stereocenters. The molecule has 2 rings (SSSR count). The van der Waals surface area contributed by atoms with Gasteiger partial charge in [0.05, 0.1) is 28.9 Å². The molecule has 0 spiro atoms. The minimum Gasteiger partial charge on any atom is -0.507 e. The van der Waals surface area contributed by atoms with Gasteiger partial charge in [-0.25, -0.2) is 4.79 Å². The fraction of sp³-hybridized carbons (Fsp3) is 0.300. The molecule has 0 saturated carbocycles. The average Bonchev–Trinajstić information content (AvgIpc) is 2.62.